The summed E-state index contributed by atoms with van der Waals surface area (Å²) in [4.78, 5) is 31.6. The zero-order valence-corrected chi connectivity index (χ0v) is 21.7. The Morgan fingerprint density at radius 3 is 2.03 bits per heavy atom. The zero-order chi connectivity index (χ0) is 25.1. The molecule has 5 rings (SSSR count). The summed E-state index contributed by atoms with van der Waals surface area (Å²) < 4.78 is 0. The predicted molar refractivity (Wildman–Crippen MR) is 150 cm³/mol. The third kappa shape index (κ3) is 4.92. The number of nitrogens with zero attached hydrogens (tertiary/aromatic N) is 1. The van der Waals surface area contributed by atoms with Crippen LogP contribution < -0.4 is 10.2 Å². The van der Waals surface area contributed by atoms with Crippen molar-refractivity contribution >= 4 is 52.4 Å². The van der Waals surface area contributed by atoms with Crippen LogP contribution in [0.5, 0.6) is 0 Å². The maximum atomic E-state index is 13.9. The fourth-order valence-electron chi connectivity index (χ4n) is 4.20. The summed E-state index contributed by atoms with van der Waals surface area (Å²) in [7, 11) is 0. The average Bonchev–Trinajstić information content (AvgIpc) is 2.91. The van der Waals surface area contributed by atoms with Gasteiger partial charge >= 0.3 is 0 Å². The van der Waals surface area contributed by atoms with E-state index in [9.17, 15) is 9.59 Å². The molecule has 1 aliphatic heterocycles. The van der Waals surface area contributed by atoms with Gasteiger partial charge in [0.05, 0.1) is 16.6 Å². The first kappa shape index (κ1) is 24.2. The second-order valence-electron chi connectivity index (χ2n) is 8.52. The second kappa shape index (κ2) is 10.6. The maximum Gasteiger partial charge on any atom is 0.255 e. The highest BCUT2D eigenvalue weighted by molar-refractivity contribution is 8.00. The van der Waals surface area contributed by atoms with E-state index in [0.717, 1.165) is 37.3 Å². The van der Waals surface area contributed by atoms with E-state index in [4.69, 9.17) is 0 Å². The first-order valence-electron chi connectivity index (χ1n) is 11.9. The molecular weight excluding hydrogens is 484 g/mol. The minimum atomic E-state index is -0.248. The normalized spacial score (nSPS) is 12.9. The van der Waals surface area contributed by atoms with Gasteiger partial charge in [-0.3, -0.25) is 14.5 Å². The van der Waals surface area contributed by atoms with E-state index in [1.165, 1.54) is 0 Å². The molecular formula is C30H26N2O2S2. The van der Waals surface area contributed by atoms with Gasteiger partial charge in [-0.2, -0.15) is 0 Å². The highest BCUT2D eigenvalue weighted by atomic mass is 32.2. The van der Waals surface area contributed by atoms with Crippen molar-refractivity contribution in [2.75, 3.05) is 10.2 Å². The van der Waals surface area contributed by atoms with E-state index in [2.05, 4.69) is 17.4 Å². The van der Waals surface area contributed by atoms with Crippen LogP contribution in [-0.2, 0) is 4.79 Å². The first-order valence-corrected chi connectivity index (χ1v) is 13.6. The predicted octanol–water partition coefficient (Wildman–Crippen LogP) is 7.95. The Hall–Kier alpha value is -3.48. The summed E-state index contributed by atoms with van der Waals surface area (Å²) in [6, 6.07) is 31.3. The summed E-state index contributed by atoms with van der Waals surface area (Å²) in [5.74, 6) is -0.0601. The first-order chi connectivity index (χ1) is 17.5. The molecule has 6 heteroatoms. The Bertz CT molecular complexity index is 1370. The molecule has 0 saturated heterocycles. The molecule has 1 aliphatic rings. The van der Waals surface area contributed by atoms with Crippen molar-refractivity contribution in [1.82, 2.24) is 0 Å². The van der Waals surface area contributed by atoms with E-state index in [1.807, 2.05) is 104 Å². The number of para-hydroxylation sites is 2. The van der Waals surface area contributed by atoms with E-state index in [0.29, 0.717) is 12.0 Å². The average molecular weight is 511 g/mol. The SMILES string of the molecule is CCC(Sc1ccc(NC(=O)c2ccccc2C)cc1)C(=O)N1c2ccccc2Sc2ccccc21. The van der Waals surface area contributed by atoms with Crippen molar-refractivity contribution in [3.05, 3.63) is 108 Å². The summed E-state index contributed by atoms with van der Waals surface area (Å²) >= 11 is 3.25. The van der Waals surface area contributed by atoms with Crippen molar-refractivity contribution in [1.29, 1.82) is 0 Å². The van der Waals surface area contributed by atoms with Crippen LogP contribution in [0.4, 0.5) is 17.1 Å². The van der Waals surface area contributed by atoms with Crippen molar-refractivity contribution in [3.63, 3.8) is 0 Å². The number of rotatable bonds is 6. The molecule has 1 unspecified atom stereocenters. The van der Waals surface area contributed by atoms with Gasteiger partial charge in [-0.05, 0) is 73.5 Å². The number of nitrogens with one attached hydrogen (secondary N) is 1. The third-order valence-corrected chi connectivity index (χ3v) is 8.57. The molecule has 1 N–H and O–H groups in total. The van der Waals surface area contributed by atoms with Crippen LogP contribution in [0.25, 0.3) is 0 Å². The second-order valence-corrected chi connectivity index (χ2v) is 10.9. The van der Waals surface area contributed by atoms with Crippen molar-refractivity contribution < 1.29 is 9.59 Å². The monoisotopic (exact) mass is 510 g/mol. The van der Waals surface area contributed by atoms with Gasteiger partial charge in [0.2, 0.25) is 5.91 Å². The highest BCUT2D eigenvalue weighted by Gasteiger charge is 2.32. The highest BCUT2D eigenvalue weighted by Crippen LogP contribution is 2.48. The number of amides is 2. The van der Waals surface area contributed by atoms with Gasteiger partial charge in [0.25, 0.3) is 5.91 Å². The molecule has 0 fully saturated rings. The van der Waals surface area contributed by atoms with Gasteiger partial charge in [-0.15, -0.1) is 11.8 Å². The lowest BCUT2D eigenvalue weighted by atomic mass is 10.1. The molecule has 4 aromatic carbocycles. The van der Waals surface area contributed by atoms with Crippen molar-refractivity contribution in [2.24, 2.45) is 0 Å². The Morgan fingerprint density at radius 1 is 0.833 bits per heavy atom. The van der Waals surface area contributed by atoms with Gasteiger partial charge in [-0.25, -0.2) is 0 Å². The summed E-state index contributed by atoms with van der Waals surface area (Å²) in [6.45, 7) is 3.97. The van der Waals surface area contributed by atoms with Crippen LogP contribution in [0, 0.1) is 6.92 Å². The molecule has 0 bridgehead atoms. The lowest BCUT2D eigenvalue weighted by Crippen LogP contribution is -2.35. The number of carbonyl (C=O) groups excluding carboxylic acids is 2. The van der Waals surface area contributed by atoms with E-state index < -0.39 is 0 Å². The molecule has 0 saturated carbocycles. The molecule has 1 atom stereocenters. The Kier molecular flexibility index (Phi) is 7.16. The molecule has 4 nitrogen and oxygen atoms in total. The van der Waals surface area contributed by atoms with Crippen LogP contribution in [0.15, 0.2) is 112 Å². The fraction of sp³-hybridized carbons (Fsp3) is 0.133. The number of benzene rings is 4. The van der Waals surface area contributed by atoms with E-state index >= 15 is 0 Å². The van der Waals surface area contributed by atoms with E-state index in [-0.39, 0.29) is 17.1 Å². The number of carbonyl (C=O) groups is 2. The molecule has 1 heterocycles. The summed E-state index contributed by atoms with van der Waals surface area (Å²) in [5, 5.41) is 2.72. The van der Waals surface area contributed by atoms with Crippen molar-refractivity contribution in [2.45, 2.75) is 40.2 Å². The Labute approximate surface area is 220 Å². The smallest absolute Gasteiger partial charge is 0.255 e. The molecule has 0 aliphatic carbocycles. The van der Waals surface area contributed by atoms with E-state index in [1.54, 1.807) is 23.5 Å². The van der Waals surface area contributed by atoms with Gasteiger partial charge in [-0.1, -0.05) is 61.2 Å². The number of hydrogen-bond donors (Lipinski definition) is 1. The molecule has 0 radical (unpaired) electrons. The molecule has 4 aromatic rings. The molecule has 0 aromatic heterocycles. The maximum absolute atomic E-state index is 13.9. The third-order valence-electron chi connectivity index (χ3n) is 6.08. The van der Waals surface area contributed by atoms with Gasteiger partial charge in [0, 0.05) is 25.9 Å². The summed E-state index contributed by atoms with van der Waals surface area (Å²) in [6.07, 6.45) is 0.698. The number of fused-ring (bicyclic) bond motifs is 2. The lowest BCUT2D eigenvalue weighted by Gasteiger charge is -2.33. The number of anilines is 3. The standard InChI is InChI=1S/C30H26N2O2S2/c1-3-26(30(34)32-24-12-6-8-14-27(24)36-28-15-9-7-13-25(28)32)35-22-18-16-21(17-19-22)31-29(33)23-11-5-4-10-20(23)2/h4-19,26H,3H2,1-2H3,(H,31,33). The molecule has 36 heavy (non-hydrogen) atoms. The van der Waals surface area contributed by atoms with Crippen LogP contribution in [0.3, 0.4) is 0 Å². The van der Waals surface area contributed by atoms with Gasteiger partial charge in [0.15, 0.2) is 0 Å². The number of hydrogen-bond acceptors (Lipinski definition) is 4. The zero-order valence-electron chi connectivity index (χ0n) is 20.1. The van der Waals surface area contributed by atoms with Crippen LogP contribution in [-0.4, -0.2) is 17.1 Å². The van der Waals surface area contributed by atoms with Gasteiger partial charge in [0.1, 0.15) is 0 Å². The topological polar surface area (TPSA) is 49.4 Å². The van der Waals surface area contributed by atoms with Crippen molar-refractivity contribution in [3.8, 4) is 0 Å². The Morgan fingerprint density at radius 2 is 1.42 bits per heavy atom. The molecule has 0 spiro atoms. The van der Waals surface area contributed by atoms with Gasteiger partial charge < -0.3 is 5.32 Å². The minimum Gasteiger partial charge on any atom is -0.322 e. The quantitative estimate of drug-likeness (QED) is 0.267. The largest absolute Gasteiger partial charge is 0.322 e. The lowest BCUT2D eigenvalue weighted by molar-refractivity contribution is -0.117. The summed E-state index contributed by atoms with van der Waals surface area (Å²) in [5.41, 5.74) is 4.18. The minimum absolute atomic E-state index is 0.0691. The van der Waals surface area contributed by atoms with Crippen LogP contribution in [0.1, 0.15) is 29.3 Å². The Balaban J connectivity index is 1.34. The number of thioether (sulfide) groups is 1. The fourth-order valence-corrected chi connectivity index (χ4v) is 6.25. The number of aryl methyl sites for hydroxylation is 1. The molecule has 180 valence electrons. The van der Waals surface area contributed by atoms with Crippen LogP contribution in [0.2, 0.25) is 0 Å². The van der Waals surface area contributed by atoms with Crippen LogP contribution >= 0.6 is 23.5 Å². The molecule has 2 amide bonds.